The van der Waals surface area contributed by atoms with Gasteiger partial charge in [-0.25, -0.2) is 9.97 Å². The molecule has 5 heteroatoms. The maximum Gasteiger partial charge on any atom is 0.134 e. The van der Waals surface area contributed by atoms with Crippen LogP contribution in [0.1, 0.15) is 18.3 Å². The number of anilines is 2. The van der Waals surface area contributed by atoms with Gasteiger partial charge in [-0.1, -0.05) is 37.3 Å². The van der Waals surface area contributed by atoms with Gasteiger partial charge in [0.15, 0.2) is 0 Å². The van der Waals surface area contributed by atoms with E-state index >= 15 is 0 Å². The molecule has 0 aliphatic carbocycles. The second-order valence-electron chi connectivity index (χ2n) is 4.76. The monoisotopic (exact) mass is 286 g/mol. The number of aliphatic hydroxyl groups excluding tert-OH is 1. The largest absolute Gasteiger partial charge is 0.395 e. The van der Waals surface area contributed by atoms with Gasteiger partial charge in [0.25, 0.3) is 0 Å². The molecule has 0 radical (unpaired) electrons. The summed E-state index contributed by atoms with van der Waals surface area (Å²) in [5.41, 5.74) is 1.19. The Bertz CT molecular complexity index is 537. The van der Waals surface area contributed by atoms with E-state index in [4.69, 9.17) is 0 Å². The molecular formula is C16H22N4O. The topological polar surface area (TPSA) is 61.3 Å². The molecule has 112 valence electrons. The molecule has 0 bridgehead atoms. The van der Waals surface area contributed by atoms with E-state index in [1.807, 2.05) is 38.2 Å². The predicted octanol–water partition coefficient (Wildman–Crippen LogP) is 2.08. The lowest BCUT2D eigenvalue weighted by molar-refractivity contribution is 0.301. The first kappa shape index (κ1) is 15.3. The summed E-state index contributed by atoms with van der Waals surface area (Å²) in [6, 6.07) is 12.1. The molecule has 0 spiro atoms. The minimum Gasteiger partial charge on any atom is -0.395 e. The average molecular weight is 286 g/mol. The van der Waals surface area contributed by atoms with Crippen molar-refractivity contribution in [3.63, 3.8) is 0 Å². The molecule has 0 amide bonds. The fourth-order valence-corrected chi connectivity index (χ4v) is 2.13. The molecule has 0 saturated carbocycles. The van der Waals surface area contributed by atoms with Crippen molar-refractivity contribution in [1.82, 2.24) is 9.97 Å². The minimum atomic E-state index is 0.0905. The molecular weight excluding hydrogens is 264 g/mol. The van der Waals surface area contributed by atoms with Crippen LogP contribution in [0.5, 0.6) is 0 Å². The Morgan fingerprint density at radius 1 is 1.19 bits per heavy atom. The fraction of sp³-hybridized carbons (Fsp3) is 0.375. The zero-order chi connectivity index (χ0) is 15.1. The Morgan fingerprint density at radius 2 is 1.95 bits per heavy atom. The fourth-order valence-electron chi connectivity index (χ4n) is 2.13. The Morgan fingerprint density at radius 3 is 2.57 bits per heavy atom. The first-order valence-corrected chi connectivity index (χ1v) is 7.22. The highest BCUT2D eigenvalue weighted by Gasteiger charge is 2.11. The summed E-state index contributed by atoms with van der Waals surface area (Å²) in [5, 5.41) is 12.4. The highest BCUT2D eigenvalue weighted by molar-refractivity contribution is 5.49. The summed E-state index contributed by atoms with van der Waals surface area (Å²) < 4.78 is 0. The van der Waals surface area contributed by atoms with Gasteiger partial charge in [-0.2, -0.15) is 0 Å². The second kappa shape index (κ2) is 7.59. The zero-order valence-corrected chi connectivity index (χ0v) is 12.6. The van der Waals surface area contributed by atoms with Crippen molar-refractivity contribution in [2.24, 2.45) is 0 Å². The van der Waals surface area contributed by atoms with E-state index in [9.17, 15) is 5.11 Å². The number of benzene rings is 1. The van der Waals surface area contributed by atoms with Gasteiger partial charge in [0.05, 0.1) is 6.61 Å². The van der Waals surface area contributed by atoms with E-state index in [1.54, 1.807) is 0 Å². The third-order valence-corrected chi connectivity index (χ3v) is 3.24. The van der Waals surface area contributed by atoms with Crippen molar-refractivity contribution in [2.45, 2.75) is 19.9 Å². The van der Waals surface area contributed by atoms with Crippen LogP contribution in [-0.2, 0) is 13.0 Å². The number of nitrogens with zero attached hydrogens (tertiary/aromatic N) is 3. The Hall–Kier alpha value is -2.14. The zero-order valence-electron chi connectivity index (χ0n) is 12.6. The first-order chi connectivity index (χ1) is 10.3. The lowest BCUT2D eigenvalue weighted by atomic mass is 10.2. The standard InChI is InChI=1S/C16H22N4O/c1-3-14-18-15(17-2)11-16(19-14)20(9-10-21)12-13-7-5-4-6-8-13/h4-8,11,21H,3,9-10,12H2,1-2H3,(H,17,18,19). The van der Waals surface area contributed by atoms with Crippen molar-refractivity contribution in [3.05, 3.63) is 47.8 Å². The summed E-state index contributed by atoms with van der Waals surface area (Å²) in [6.07, 6.45) is 0.779. The molecule has 1 aromatic heterocycles. The van der Waals surface area contributed by atoms with Crippen LogP contribution in [0, 0.1) is 0 Å². The molecule has 1 aromatic carbocycles. The van der Waals surface area contributed by atoms with Crippen molar-refractivity contribution < 1.29 is 5.11 Å². The molecule has 2 N–H and O–H groups in total. The number of aromatic nitrogens is 2. The van der Waals surface area contributed by atoms with Gasteiger partial charge in [0, 0.05) is 32.6 Å². The van der Waals surface area contributed by atoms with Crippen LogP contribution in [0.25, 0.3) is 0 Å². The molecule has 0 atom stereocenters. The predicted molar refractivity (Wildman–Crippen MR) is 85.5 cm³/mol. The molecule has 21 heavy (non-hydrogen) atoms. The number of aliphatic hydroxyl groups is 1. The minimum absolute atomic E-state index is 0.0905. The number of hydrogen-bond acceptors (Lipinski definition) is 5. The lowest BCUT2D eigenvalue weighted by Crippen LogP contribution is -2.27. The highest BCUT2D eigenvalue weighted by Crippen LogP contribution is 2.18. The molecule has 0 aliphatic rings. The summed E-state index contributed by atoms with van der Waals surface area (Å²) in [7, 11) is 1.85. The number of aryl methyl sites for hydroxylation is 1. The van der Waals surface area contributed by atoms with E-state index in [0.717, 1.165) is 23.9 Å². The number of nitrogens with one attached hydrogen (secondary N) is 1. The van der Waals surface area contributed by atoms with Crippen LogP contribution in [0.3, 0.4) is 0 Å². The van der Waals surface area contributed by atoms with Crippen LogP contribution < -0.4 is 10.2 Å². The normalized spacial score (nSPS) is 10.4. The van der Waals surface area contributed by atoms with E-state index in [1.165, 1.54) is 5.56 Å². The molecule has 0 fully saturated rings. The van der Waals surface area contributed by atoms with Crippen LogP contribution in [0.15, 0.2) is 36.4 Å². The van der Waals surface area contributed by atoms with Gasteiger partial charge in [-0.15, -0.1) is 0 Å². The molecule has 5 nitrogen and oxygen atoms in total. The Kier molecular flexibility index (Phi) is 5.51. The van der Waals surface area contributed by atoms with Crippen LogP contribution in [0.2, 0.25) is 0 Å². The summed E-state index contributed by atoms with van der Waals surface area (Å²) in [5.74, 6) is 2.44. The molecule has 0 unspecified atom stereocenters. The lowest BCUT2D eigenvalue weighted by Gasteiger charge is -2.23. The average Bonchev–Trinajstić information content (AvgIpc) is 2.55. The second-order valence-corrected chi connectivity index (χ2v) is 4.76. The molecule has 0 saturated heterocycles. The summed E-state index contributed by atoms with van der Waals surface area (Å²) in [4.78, 5) is 11.1. The van der Waals surface area contributed by atoms with Gasteiger partial charge >= 0.3 is 0 Å². The van der Waals surface area contributed by atoms with Gasteiger partial charge in [0.2, 0.25) is 0 Å². The summed E-state index contributed by atoms with van der Waals surface area (Å²) in [6.45, 7) is 3.38. The number of rotatable bonds is 7. The van der Waals surface area contributed by atoms with Gasteiger partial charge in [0.1, 0.15) is 17.5 Å². The van der Waals surface area contributed by atoms with Gasteiger partial charge in [-0.3, -0.25) is 0 Å². The van der Waals surface area contributed by atoms with E-state index in [0.29, 0.717) is 13.1 Å². The molecule has 0 aliphatic heterocycles. The van der Waals surface area contributed by atoms with Gasteiger partial charge in [-0.05, 0) is 5.56 Å². The molecule has 1 heterocycles. The van der Waals surface area contributed by atoms with E-state index in [2.05, 4.69) is 32.3 Å². The Balaban J connectivity index is 2.28. The van der Waals surface area contributed by atoms with E-state index < -0.39 is 0 Å². The third-order valence-electron chi connectivity index (χ3n) is 3.24. The maximum absolute atomic E-state index is 9.33. The maximum atomic E-state index is 9.33. The smallest absolute Gasteiger partial charge is 0.134 e. The van der Waals surface area contributed by atoms with Crippen molar-refractivity contribution in [2.75, 3.05) is 30.4 Å². The molecule has 2 rings (SSSR count). The number of hydrogen-bond donors (Lipinski definition) is 2. The van der Waals surface area contributed by atoms with E-state index in [-0.39, 0.29) is 6.61 Å². The third kappa shape index (κ3) is 4.16. The van der Waals surface area contributed by atoms with Crippen molar-refractivity contribution in [1.29, 1.82) is 0 Å². The van der Waals surface area contributed by atoms with Crippen molar-refractivity contribution >= 4 is 11.6 Å². The van der Waals surface area contributed by atoms with Crippen LogP contribution in [-0.4, -0.2) is 35.3 Å². The van der Waals surface area contributed by atoms with Gasteiger partial charge < -0.3 is 15.3 Å². The quantitative estimate of drug-likeness (QED) is 0.816. The van der Waals surface area contributed by atoms with Crippen LogP contribution in [0.4, 0.5) is 11.6 Å². The highest BCUT2D eigenvalue weighted by atomic mass is 16.3. The van der Waals surface area contributed by atoms with Crippen LogP contribution >= 0.6 is 0 Å². The molecule has 2 aromatic rings. The first-order valence-electron chi connectivity index (χ1n) is 7.22. The van der Waals surface area contributed by atoms with Crippen molar-refractivity contribution in [3.8, 4) is 0 Å². The SMILES string of the molecule is CCc1nc(NC)cc(N(CCO)Cc2ccccc2)n1. The Labute approximate surface area is 125 Å². The summed E-state index contributed by atoms with van der Waals surface area (Å²) >= 11 is 0.